The van der Waals surface area contributed by atoms with Gasteiger partial charge in [0.1, 0.15) is 17.3 Å². The van der Waals surface area contributed by atoms with Crippen molar-refractivity contribution in [2.75, 3.05) is 26.8 Å². The Balaban J connectivity index is 2.55. The van der Waals surface area contributed by atoms with Gasteiger partial charge in [0, 0.05) is 12.6 Å². The molecule has 116 valence electrons. The van der Waals surface area contributed by atoms with Crippen LogP contribution < -0.4 is 10.0 Å². The molecule has 20 heavy (non-hydrogen) atoms. The van der Waals surface area contributed by atoms with Crippen molar-refractivity contribution in [2.24, 2.45) is 0 Å². The summed E-state index contributed by atoms with van der Waals surface area (Å²) in [5, 5.41) is 2.83. The standard InChI is InChI=1S/C10H15BrF2N2O4S/c1-14-5-7-4-8(10(11)19-7)20(16,17)15-2-3-18-6-9(12)13/h4,9,14-15H,2-3,5-6H2,1H3. The zero-order valence-electron chi connectivity index (χ0n) is 10.7. The Morgan fingerprint density at radius 1 is 1.50 bits per heavy atom. The Labute approximate surface area is 124 Å². The molecule has 0 aromatic carbocycles. The molecule has 0 radical (unpaired) electrons. The second kappa shape index (κ2) is 8.03. The molecule has 1 aromatic heterocycles. The smallest absolute Gasteiger partial charge is 0.261 e. The van der Waals surface area contributed by atoms with E-state index < -0.39 is 23.1 Å². The molecule has 0 amide bonds. The summed E-state index contributed by atoms with van der Waals surface area (Å²) in [6.45, 7) is -0.578. The molecule has 2 N–H and O–H groups in total. The number of nitrogens with one attached hydrogen (secondary N) is 2. The van der Waals surface area contributed by atoms with Crippen molar-refractivity contribution in [3.8, 4) is 0 Å². The van der Waals surface area contributed by atoms with Gasteiger partial charge in [-0.25, -0.2) is 21.9 Å². The van der Waals surface area contributed by atoms with Crippen molar-refractivity contribution in [1.82, 2.24) is 10.0 Å². The number of alkyl halides is 2. The third-order valence-corrected chi connectivity index (χ3v) is 4.45. The summed E-state index contributed by atoms with van der Waals surface area (Å²) in [6, 6.07) is 1.38. The van der Waals surface area contributed by atoms with Crippen LogP contribution in [0.2, 0.25) is 0 Å². The number of furan rings is 1. The number of halogens is 3. The second-order valence-electron chi connectivity index (χ2n) is 3.74. The first-order valence-corrected chi connectivity index (χ1v) is 7.93. The zero-order chi connectivity index (χ0) is 15.2. The Hall–Kier alpha value is -0.550. The fourth-order valence-corrected chi connectivity index (χ4v) is 3.35. The minimum atomic E-state index is -3.78. The summed E-state index contributed by atoms with van der Waals surface area (Å²) in [4.78, 5) is -0.0448. The lowest BCUT2D eigenvalue weighted by molar-refractivity contribution is 0.0199. The van der Waals surface area contributed by atoms with E-state index in [4.69, 9.17) is 4.42 Å². The Morgan fingerprint density at radius 2 is 2.20 bits per heavy atom. The van der Waals surface area contributed by atoms with E-state index >= 15 is 0 Å². The first-order valence-electron chi connectivity index (χ1n) is 5.65. The third-order valence-electron chi connectivity index (χ3n) is 2.13. The molecule has 0 saturated heterocycles. The summed E-state index contributed by atoms with van der Waals surface area (Å²) in [6.07, 6.45) is -2.57. The van der Waals surface area contributed by atoms with Crippen LogP contribution in [0, 0.1) is 0 Å². The molecule has 0 aliphatic rings. The predicted octanol–water partition coefficient (Wildman–Crippen LogP) is 1.32. The number of hydrogen-bond acceptors (Lipinski definition) is 5. The van der Waals surface area contributed by atoms with Gasteiger partial charge >= 0.3 is 0 Å². The molecule has 1 heterocycles. The SMILES string of the molecule is CNCc1cc(S(=O)(=O)NCCOCC(F)F)c(Br)o1. The topological polar surface area (TPSA) is 80.6 Å². The highest BCUT2D eigenvalue weighted by molar-refractivity contribution is 9.10. The number of rotatable bonds is 9. The fourth-order valence-electron chi connectivity index (χ4n) is 1.34. The highest BCUT2D eigenvalue weighted by atomic mass is 79.9. The van der Waals surface area contributed by atoms with Gasteiger partial charge in [0.15, 0.2) is 4.67 Å². The molecule has 0 bridgehead atoms. The highest BCUT2D eigenvalue weighted by Crippen LogP contribution is 2.25. The zero-order valence-corrected chi connectivity index (χ0v) is 13.1. The van der Waals surface area contributed by atoms with Crippen LogP contribution in [0.1, 0.15) is 5.76 Å². The van der Waals surface area contributed by atoms with Gasteiger partial charge in [-0.3, -0.25) is 0 Å². The van der Waals surface area contributed by atoms with Crippen LogP contribution in [0.15, 0.2) is 20.0 Å². The summed E-state index contributed by atoms with van der Waals surface area (Å²) >= 11 is 3.02. The maximum Gasteiger partial charge on any atom is 0.261 e. The number of ether oxygens (including phenoxy) is 1. The molecule has 1 aromatic rings. The van der Waals surface area contributed by atoms with Crippen LogP contribution in [-0.2, 0) is 21.3 Å². The van der Waals surface area contributed by atoms with Crippen LogP contribution >= 0.6 is 15.9 Å². The lowest BCUT2D eigenvalue weighted by atomic mass is 10.4. The van der Waals surface area contributed by atoms with E-state index in [0.717, 1.165) is 0 Å². The molecule has 1 rings (SSSR count). The quantitative estimate of drug-likeness (QED) is 0.635. The molecule has 0 unspecified atom stereocenters. The minimum absolute atomic E-state index is 0.0448. The Kier molecular flexibility index (Phi) is 7.03. The lowest BCUT2D eigenvalue weighted by Gasteiger charge is -2.06. The van der Waals surface area contributed by atoms with Gasteiger partial charge < -0.3 is 14.5 Å². The van der Waals surface area contributed by atoms with Gasteiger partial charge in [0.05, 0.1) is 13.2 Å². The van der Waals surface area contributed by atoms with Crippen LogP contribution in [0.3, 0.4) is 0 Å². The van der Waals surface area contributed by atoms with E-state index in [2.05, 4.69) is 30.7 Å². The molecule has 0 spiro atoms. The van der Waals surface area contributed by atoms with Gasteiger partial charge in [-0.05, 0) is 23.0 Å². The Morgan fingerprint density at radius 3 is 2.80 bits per heavy atom. The molecule has 6 nitrogen and oxygen atoms in total. The second-order valence-corrected chi connectivity index (χ2v) is 6.20. The van der Waals surface area contributed by atoms with E-state index in [1.165, 1.54) is 6.07 Å². The normalized spacial score (nSPS) is 12.2. The van der Waals surface area contributed by atoms with Crippen LogP contribution in [0.5, 0.6) is 0 Å². The molecule has 0 atom stereocenters. The molecule has 0 fully saturated rings. The van der Waals surface area contributed by atoms with Crippen molar-refractivity contribution in [2.45, 2.75) is 17.9 Å². The van der Waals surface area contributed by atoms with Crippen molar-refractivity contribution in [1.29, 1.82) is 0 Å². The molecule has 0 aliphatic heterocycles. The molecular weight excluding hydrogens is 362 g/mol. The van der Waals surface area contributed by atoms with Crippen molar-refractivity contribution in [3.05, 3.63) is 16.5 Å². The summed E-state index contributed by atoms with van der Waals surface area (Å²) in [7, 11) is -2.08. The highest BCUT2D eigenvalue weighted by Gasteiger charge is 2.21. The lowest BCUT2D eigenvalue weighted by Crippen LogP contribution is -2.28. The van der Waals surface area contributed by atoms with Gasteiger partial charge in [-0.1, -0.05) is 0 Å². The van der Waals surface area contributed by atoms with E-state index in [-0.39, 0.29) is 22.7 Å². The Bertz CT molecular complexity index is 521. The van der Waals surface area contributed by atoms with Gasteiger partial charge in [-0.15, -0.1) is 0 Å². The fraction of sp³-hybridized carbons (Fsp3) is 0.600. The van der Waals surface area contributed by atoms with Gasteiger partial charge in [0.2, 0.25) is 10.0 Å². The van der Waals surface area contributed by atoms with E-state index in [9.17, 15) is 17.2 Å². The van der Waals surface area contributed by atoms with Crippen LogP contribution in [0.25, 0.3) is 0 Å². The van der Waals surface area contributed by atoms with Crippen molar-refractivity contribution < 1.29 is 26.4 Å². The minimum Gasteiger partial charge on any atom is -0.452 e. The molecule has 0 saturated carbocycles. The largest absolute Gasteiger partial charge is 0.452 e. The maximum absolute atomic E-state index is 11.9. The molecule has 10 heteroatoms. The van der Waals surface area contributed by atoms with Gasteiger partial charge in [0.25, 0.3) is 6.43 Å². The van der Waals surface area contributed by atoms with E-state index in [1.807, 2.05) is 0 Å². The van der Waals surface area contributed by atoms with Crippen LogP contribution in [0.4, 0.5) is 8.78 Å². The van der Waals surface area contributed by atoms with Gasteiger partial charge in [-0.2, -0.15) is 0 Å². The monoisotopic (exact) mass is 376 g/mol. The third kappa shape index (κ3) is 5.44. The van der Waals surface area contributed by atoms with Crippen molar-refractivity contribution in [3.63, 3.8) is 0 Å². The summed E-state index contributed by atoms with van der Waals surface area (Å²) in [5.74, 6) is 0.453. The maximum atomic E-state index is 11.9. The number of sulfonamides is 1. The average molecular weight is 377 g/mol. The van der Waals surface area contributed by atoms with Crippen LogP contribution in [-0.4, -0.2) is 41.6 Å². The molecule has 0 aliphatic carbocycles. The first-order chi connectivity index (χ1) is 9.36. The van der Waals surface area contributed by atoms with E-state index in [0.29, 0.717) is 12.3 Å². The predicted molar refractivity (Wildman–Crippen MR) is 71.2 cm³/mol. The summed E-state index contributed by atoms with van der Waals surface area (Å²) < 4.78 is 59.6. The first kappa shape index (κ1) is 17.5. The average Bonchev–Trinajstić information content (AvgIpc) is 2.70. The molecular formula is C10H15BrF2N2O4S. The summed E-state index contributed by atoms with van der Waals surface area (Å²) in [5.41, 5.74) is 0. The number of hydrogen-bond donors (Lipinski definition) is 2. The van der Waals surface area contributed by atoms with E-state index in [1.54, 1.807) is 7.05 Å². The van der Waals surface area contributed by atoms with Crippen molar-refractivity contribution >= 4 is 26.0 Å².